The fourth-order valence-electron chi connectivity index (χ4n) is 1.92. The largest absolute Gasteiger partial charge is 0.352 e. The highest BCUT2D eigenvalue weighted by Crippen LogP contribution is 2.06. The Kier molecular flexibility index (Phi) is 5.29. The van der Waals surface area contributed by atoms with Gasteiger partial charge in [-0.15, -0.1) is 0 Å². The molecule has 0 saturated heterocycles. The first-order valence-electron chi connectivity index (χ1n) is 7.01. The van der Waals surface area contributed by atoms with E-state index >= 15 is 0 Å². The van der Waals surface area contributed by atoms with Crippen molar-refractivity contribution in [1.29, 1.82) is 0 Å². The number of amides is 1. The fourth-order valence-corrected chi connectivity index (χ4v) is 1.92. The van der Waals surface area contributed by atoms with Crippen molar-refractivity contribution in [1.82, 2.24) is 20.1 Å². The second-order valence-corrected chi connectivity index (χ2v) is 4.71. The predicted octanol–water partition coefficient (Wildman–Crippen LogP) is 2.46. The van der Waals surface area contributed by atoms with Gasteiger partial charge < -0.3 is 5.32 Å². The molecule has 0 bridgehead atoms. The van der Waals surface area contributed by atoms with E-state index in [9.17, 15) is 4.79 Å². The standard InChI is InChI=1S/C15H20N4O/c1-2-3-4-6-15(20)17-12-13-7-9-16-14(11-13)19-10-5-8-18-19/h5,7-11H,2-4,6,12H2,1H3,(H,17,20). The van der Waals surface area contributed by atoms with Crippen molar-refractivity contribution >= 4 is 5.91 Å². The lowest BCUT2D eigenvalue weighted by molar-refractivity contribution is -0.121. The zero-order valence-electron chi connectivity index (χ0n) is 11.7. The molecule has 2 aromatic heterocycles. The smallest absolute Gasteiger partial charge is 0.220 e. The molecule has 0 radical (unpaired) electrons. The number of nitrogens with one attached hydrogen (secondary N) is 1. The summed E-state index contributed by atoms with van der Waals surface area (Å²) in [5.74, 6) is 0.864. The van der Waals surface area contributed by atoms with Crippen molar-refractivity contribution in [2.24, 2.45) is 0 Å². The molecule has 5 nitrogen and oxygen atoms in total. The number of carbonyl (C=O) groups excluding carboxylic acids is 1. The first-order chi connectivity index (χ1) is 9.79. The van der Waals surface area contributed by atoms with Gasteiger partial charge in [0.25, 0.3) is 0 Å². The Morgan fingerprint density at radius 1 is 1.35 bits per heavy atom. The van der Waals surface area contributed by atoms with Crippen LogP contribution in [-0.2, 0) is 11.3 Å². The third kappa shape index (κ3) is 4.19. The van der Waals surface area contributed by atoms with Gasteiger partial charge in [-0.05, 0) is 30.2 Å². The molecule has 0 fully saturated rings. The summed E-state index contributed by atoms with van der Waals surface area (Å²) in [4.78, 5) is 15.9. The molecule has 0 spiro atoms. The lowest BCUT2D eigenvalue weighted by atomic mass is 10.2. The van der Waals surface area contributed by atoms with E-state index in [0.717, 1.165) is 30.6 Å². The lowest BCUT2D eigenvalue weighted by Gasteiger charge is -2.07. The average molecular weight is 272 g/mol. The molecule has 2 rings (SSSR count). The molecule has 0 saturated carbocycles. The first-order valence-corrected chi connectivity index (χ1v) is 7.01. The van der Waals surface area contributed by atoms with Crippen LogP contribution in [-0.4, -0.2) is 20.7 Å². The van der Waals surface area contributed by atoms with Gasteiger partial charge in [-0.3, -0.25) is 4.79 Å². The van der Waals surface area contributed by atoms with Crippen molar-refractivity contribution in [3.8, 4) is 5.82 Å². The van der Waals surface area contributed by atoms with Gasteiger partial charge >= 0.3 is 0 Å². The van der Waals surface area contributed by atoms with Crippen molar-refractivity contribution in [3.63, 3.8) is 0 Å². The number of hydrogen-bond acceptors (Lipinski definition) is 3. The van der Waals surface area contributed by atoms with Gasteiger partial charge in [0.1, 0.15) is 0 Å². The maximum atomic E-state index is 11.7. The zero-order valence-corrected chi connectivity index (χ0v) is 11.7. The summed E-state index contributed by atoms with van der Waals surface area (Å²) in [6.45, 7) is 2.66. The van der Waals surface area contributed by atoms with Gasteiger partial charge in [-0.2, -0.15) is 5.10 Å². The highest BCUT2D eigenvalue weighted by atomic mass is 16.1. The topological polar surface area (TPSA) is 59.8 Å². The quantitative estimate of drug-likeness (QED) is 0.788. The highest BCUT2D eigenvalue weighted by molar-refractivity contribution is 5.75. The van der Waals surface area contributed by atoms with Crippen molar-refractivity contribution < 1.29 is 4.79 Å². The predicted molar refractivity (Wildman–Crippen MR) is 77.3 cm³/mol. The lowest BCUT2D eigenvalue weighted by Crippen LogP contribution is -2.22. The Morgan fingerprint density at radius 2 is 2.25 bits per heavy atom. The fraction of sp³-hybridized carbons (Fsp3) is 0.400. The van der Waals surface area contributed by atoms with Crippen LogP contribution in [0.1, 0.15) is 38.2 Å². The van der Waals surface area contributed by atoms with E-state index in [1.807, 2.05) is 24.4 Å². The number of pyridine rings is 1. The SMILES string of the molecule is CCCCCC(=O)NCc1ccnc(-n2cccn2)c1. The molecule has 0 aromatic carbocycles. The molecule has 5 heteroatoms. The number of rotatable bonds is 7. The van der Waals surface area contributed by atoms with E-state index in [2.05, 4.69) is 22.3 Å². The monoisotopic (exact) mass is 272 g/mol. The van der Waals surface area contributed by atoms with E-state index < -0.39 is 0 Å². The Hall–Kier alpha value is -2.17. The Balaban J connectivity index is 1.87. The molecule has 1 amide bonds. The van der Waals surface area contributed by atoms with Crippen LogP contribution in [0.15, 0.2) is 36.8 Å². The first kappa shape index (κ1) is 14.2. The summed E-state index contributed by atoms with van der Waals surface area (Å²) >= 11 is 0. The average Bonchev–Trinajstić information content (AvgIpc) is 3.00. The summed E-state index contributed by atoms with van der Waals surface area (Å²) in [7, 11) is 0. The molecule has 0 atom stereocenters. The van der Waals surface area contributed by atoms with E-state index in [4.69, 9.17) is 0 Å². The molecule has 0 unspecified atom stereocenters. The Bertz CT molecular complexity index is 537. The highest BCUT2D eigenvalue weighted by Gasteiger charge is 2.03. The maximum Gasteiger partial charge on any atom is 0.220 e. The van der Waals surface area contributed by atoms with E-state index in [1.54, 1.807) is 17.1 Å². The van der Waals surface area contributed by atoms with Crippen molar-refractivity contribution in [2.75, 3.05) is 0 Å². The maximum absolute atomic E-state index is 11.7. The normalized spacial score (nSPS) is 10.4. The number of hydrogen-bond donors (Lipinski definition) is 1. The second kappa shape index (κ2) is 7.43. The summed E-state index contributed by atoms with van der Waals surface area (Å²) < 4.78 is 1.70. The van der Waals surface area contributed by atoms with Crippen LogP contribution >= 0.6 is 0 Å². The Labute approximate surface area is 119 Å². The summed E-state index contributed by atoms with van der Waals surface area (Å²) in [6, 6.07) is 5.68. The molecule has 2 heterocycles. The van der Waals surface area contributed by atoms with E-state index in [1.165, 1.54) is 0 Å². The Morgan fingerprint density at radius 3 is 3.00 bits per heavy atom. The van der Waals surface area contributed by atoms with Gasteiger partial charge in [0.05, 0.1) is 0 Å². The number of carbonyl (C=O) groups is 1. The zero-order chi connectivity index (χ0) is 14.2. The molecule has 1 N–H and O–H groups in total. The minimum absolute atomic E-state index is 0.107. The van der Waals surface area contributed by atoms with Crippen molar-refractivity contribution in [2.45, 2.75) is 39.2 Å². The molecule has 0 aliphatic heterocycles. The van der Waals surface area contributed by atoms with Gasteiger partial charge in [0.2, 0.25) is 5.91 Å². The minimum Gasteiger partial charge on any atom is -0.352 e. The van der Waals surface area contributed by atoms with Crippen LogP contribution in [0.4, 0.5) is 0 Å². The molecule has 20 heavy (non-hydrogen) atoms. The van der Waals surface area contributed by atoms with Crippen LogP contribution in [0.25, 0.3) is 5.82 Å². The van der Waals surface area contributed by atoms with Crippen LogP contribution in [0, 0.1) is 0 Å². The molecule has 0 aliphatic carbocycles. The van der Waals surface area contributed by atoms with Gasteiger partial charge in [0.15, 0.2) is 5.82 Å². The molecule has 106 valence electrons. The van der Waals surface area contributed by atoms with Gasteiger partial charge in [-0.25, -0.2) is 9.67 Å². The summed E-state index contributed by atoms with van der Waals surface area (Å²) in [5, 5.41) is 7.07. The molecule has 0 aliphatic rings. The molecule has 2 aromatic rings. The third-order valence-corrected chi connectivity index (χ3v) is 3.05. The summed E-state index contributed by atoms with van der Waals surface area (Å²) in [6.07, 6.45) is 9.08. The van der Waals surface area contributed by atoms with E-state index in [-0.39, 0.29) is 5.91 Å². The third-order valence-electron chi connectivity index (χ3n) is 3.05. The minimum atomic E-state index is 0.107. The van der Waals surface area contributed by atoms with E-state index in [0.29, 0.717) is 13.0 Å². The van der Waals surface area contributed by atoms with Gasteiger partial charge in [0, 0.05) is 31.6 Å². The van der Waals surface area contributed by atoms with Crippen LogP contribution < -0.4 is 5.32 Å². The molecular formula is C15H20N4O. The van der Waals surface area contributed by atoms with Crippen LogP contribution in [0.3, 0.4) is 0 Å². The number of aromatic nitrogens is 3. The van der Waals surface area contributed by atoms with Crippen LogP contribution in [0.5, 0.6) is 0 Å². The second-order valence-electron chi connectivity index (χ2n) is 4.71. The van der Waals surface area contributed by atoms with Gasteiger partial charge in [-0.1, -0.05) is 19.8 Å². The number of unbranched alkanes of at least 4 members (excludes halogenated alkanes) is 2. The molecular weight excluding hydrogens is 252 g/mol. The number of nitrogens with zero attached hydrogens (tertiary/aromatic N) is 3. The van der Waals surface area contributed by atoms with Crippen LogP contribution in [0.2, 0.25) is 0 Å². The van der Waals surface area contributed by atoms with Crippen molar-refractivity contribution in [3.05, 3.63) is 42.4 Å². The summed E-state index contributed by atoms with van der Waals surface area (Å²) in [5.41, 5.74) is 1.02.